The van der Waals surface area contributed by atoms with Crippen molar-refractivity contribution in [2.75, 3.05) is 13.2 Å². The van der Waals surface area contributed by atoms with Gasteiger partial charge in [0.15, 0.2) is 8.32 Å². The first-order chi connectivity index (χ1) is 13.7. The van der Waals surface area contributed by atoms with Gasteiger partial charge in [0.25, 0.3) is 0 Å². The maximum Gasteiger partial charge on any atom is 0.223 e. The third-order valence-electron chi connectivity index (χ3n) is 7.13. The van der Waals surface area contributed by atoms with Crippen LogP contribution in [-0.4, -0.2) is 49.5 Å². The number of piperidine rings is 1. The average molecular weight is 424 g/mol. The van der Waals surface area contributed by atoms with Crippen molar-refractivity contribution in [3.63, 3.8) is 0 Å². The molecular formula is C24H45NO3Si. The first-order valence-electron chi connectivity index (χ1n) is 12.0. The standard InChI is InChI=1S/C24H45NO3Si/c1-18(2)29(19(3)4,20(5)6)28-17-16-25-22(8-7-9-24(25)27)13-15-23(26)14-12-21-10-11-21/h13,15,18-23,26H,7-12,14,16-17H2,1-6H3/t22-,23+/m1/s1. The number of carbonyl (C=O) groups excluding carboxylic acids is 1. The summed E-state index contributed by atoms with van der Waals surface area (Å²) < 4.78 is 6.68. The molecule has 1 N–H and O–H groups in total. The summed E-state index contributed by atoms with van der Waals surface area (Å²) in [4.78, 5) is 14.6. The molecule has 2 fully saturated rings. The van der Waals surface area contributed by atoms with Crippen LogP contribution in [0, 0.1) is 5.92 Å². The lowest BCUT2D eigenvalue weighted by Crippen LogP contribution is -2.50. The number of likely N-dealkylation sites (tertiary alicyclic amines) is 1. The number of amides is 1. The molecule has 0 aromatic rings. The molecule has 29 heavy (non-hydrogen) atoms. The minimum atomic E-state index is -1.90. The molecule has 0 aromatic carbocycles. The van der Waals surface area contributed by atoms with Crippen molar-refractivity contribution in [1.29, 1.82) is 0 Å². The van der Waals surface area contributed by atoms with Crippen LogP contribution in [0.4, 0.5) is 0 Å². The molecule has 0 aromatic heterocycles. The van der Waals surface area contributed by atoms with E-state index in [1.54, 1.807) is 0 Å². The van der Waals surface area contributed by atoms with Gasteiger partial charge in [-0.25, -0.2) is 0 Å². The van der Waals surface area contributed by atoms with Gasteiger partial charge in [0.2, 0.25) is 5.91 Å². The molecule has 1 amide bonds. The maximum absolute atomic E-state index is 12.6. The molecule has 1 heterocycles. The summed E-state index contributed by atoms with van der Waals surface area (Å²) in [5, 5.41) is 10.3. The van der Waals surface area contributed by atoms with Gasteiger partial charge in [-0.2, -0.15) is 0 Å². The molecule has 1 saturated heterocycles. The van der Waals surface area contributed by atoms with Gasteiger partial charge in [0, 0.05) is 13.0 Å². The molecule has 4 nitrogen and oxygen atoms in total. The smallest absolute Gasteiger partial charge is 0.223 e. The van der Waals surface area contributed by atoms with Gasteiger partial charge < -0.3 is 14.4 Å². The molecule has 0 bridgehead atoms. The van der Waals surface area contributed by atoms with E-state index in [0.29, 0.717) is 36.2 Å². The molecular weight excluding hydrogens is 378 g/mol. The van der Waals surface area contributed by atoms with Gasteiger partial charge in [0.05, 0.1) is 18.8 Å². The largest absolute Gasteiger partial charge is 0.414 e. The molecule has 1 aliphatic heterocycles. The van der Waals surface area contributed by atoms with Gasteiger partial charge in [-0.3, -0.25) is 4.79 Å². The van der Waals surface area contributed by atoms with E-state index in [9.17, 15) is 9.90 Å². The number of hydrogen-bond acceptors (Lipinski definition) is 3. The Labute approximate surface area is 180 Å². The quantitative estimate of drug-likeness (QED) is 0.325. The summed E-state index contributed by atoms with van der Waals surface area (Å²) in [5.41, 5.74) is 1.66. The Kier molecular flexibility index (Phi) is 9.42. The van der Waals surface area contributed by atoms with E-state index < -0.39 is 8.32 Å². The molecule has 2 aliphatic rings. The van der Waals surface area contributed by atoms with Gasteiger partial charge >= 0.3 is 0 Å². The van der Waals surface area contributed by atoms with E-state index in [4.69, 9.17) is 4.43 Å². The molecule has 1 saturated carbocycles. The van der Waals surface area contributed by atoms with Crippen molar-refractivity contribution < 1.29 is 14.3 Å². The molecule has 168 valence electrons. The van der Waals surface area contributed by atoms with Gasteiger partial charge in [0.1, 0.15) is 0 Å². The topological polar surface area (TPSA) is 49.8 Å². The predicted octanol–water partition coefficient (Wildman–Crippen LogP) is 5.67. The molecule has 2 rings (SSSR count). The zero-order valence-electron chi connectivity index (χ0n) is 19.7. The van der Waals surface area contributed by atoms with Gasteiger partial charge in [-0.05, 0) is 48.2 Å². The molecule has 0 unspecified atom stereocenters. The second-order valence-electron chi connectivity index (χ2n) is 10.2. The zero-order chi connectivity index (χ0) is 21.6. The van der Waals surface area contributed by atoms with Crippen LogP contribution in [-0.2, 0) is 9.22 Å². The molecule has 2 atom stereocenters. The minimum Gasteiger partial charge on any atom is -0.414 e. The highest BCUT2D eigenvalue weighted by atomic mass is 28.4. The number of aliphatic hydroxyl groups excluding tert-OH is 1. The lowest BCUT2D eigenvalue weighted by Gasteiger charge is -2.43. The molecule has 0 radical (unpaired) electrons. The summed E-state index contributed by atoms with van der Waals surface area (Å²) in [6, 6.07) is 0.101. The van der Waals surface area contributed by atoms with Crippen molar-refractivity contribution in [3.8, 4) is 0 Å². The maximum atomic E-state index is 12.6. The van der Waals surface area contributed by atoms with Crippen molar-refractivity contribution in [3.05, 3.63) is 12.2 Å². The van der Waals surface area contributed by atoms with E-state index in [2.05, 4.69) is 47.6 Å². The van der Waals surface area contributed by atoms with Crippen LogP contribution < -0.4 is 0 Å². The highest BCUT2D eigenvalue weighted by Gasteiger charge is 2.45. The van der Waals surface area contributed by atoms with Crippen LogP contribution >= 0.6 is 0 Å². The lowest BCUT2D eigenvalue weighted by molar-refractivity contribution is -0.135. The third kappa shape index (κ3) is 6.66. The molecule has 0 spiro atoms. The van der Waals surface area contributed by atoms with Crippen LogP contribution in [0.5, 0.6) is 0 Å². The fourth-order valence-electron chi connectivity index (χ4n) is 5.42. The van der Waals surface area contributed by atoms with E-state index in [-0.39, 0.29) is 18.1 Å². The predicted molar refractivity (Wildman–Crippen MR) is 123 cm³/mol. The number of aliphatic hydroxyl groups is 1. The fourth-order valence-corrected chi connectivity index (χ4v) is 10.9. The number of rotatable bonds is 12. The van der Waals surface area contributed by atoms with Crippen LogP contribution in [0.3, 0.4) is 0 Å². The Bertz CT molecular complexity index is 520. The average Bonchev–Trinajstić information content (AvgIpc) is 3.46. The molecule has 1 aliphatic carbocycles. The SMILES string of the molecule is CC(C)[Si](OCCN1C(=O)CCC[C@@H]1C=C[C@@H](O)CCC1CC1)(C(C)C)C(C)C. The van der Waals surface area contributed by atoms with E-state index in [0.717, 1.165) is 31.6 Å². The second kappa shape index (κ2) is 11.1. The summed E-state index contributed by atoms with van der Waals surface area (Å²) in [5.74, 6) is 1.07. The van der Waals surface area contributed by atoms with E-state index in [1.165, 1.54) is 12.8 Å². The van der Waals surface area contributed by atoms with E-state index in [1.807, 2.05) is 11.0 Å². The van der Waals surface area contributed by atoms with Crippen molar-refractivity contribution in [1.82, 2.24) is 4.90 Å². The zero-order valence-corrected chi connectivity index (χ0v) is 20.7. The normalized spacial score (nSPS) is 22.5. The van der Waals surface area contributed by atoms with Crippen LogP contribution in [0.2, 0.25) is 16.6 Å². The molecule has 5 heteroatoms. The van der Waals surface area contributed by atoms with Crippen molar-refractivity contribution in [2.24, 2.45) is 5.92 Å². The summed E-state index contributed by atoms with van der Waals surface area (Å²) in [6.07, 6.45) is 10.8. The monoisotopic (exact) mass is 423 g/mol. The van der Waals surface area contributed by atoms with E-state index >= 15 is 0 Å². The summed E-state index contributed by atoms with van der Waals surface area (Å²) in [6.45, 7) is 15.1. The fraction of sp³-hybridized carbons (Fsp3) is 0.875. The summed E-state index contributed by atoms with van der Waals surface area (Å²) >= 11 is 0. The van der Waals surface area contributed by atoms with Gasteiger partial charge in [-0.15, -0.1) is 0 Å². The van der Waals surface area contributed by atoms with Crippen LogP contribution in [0.15, 0.2) is 12.2 Å². The third-order valence-corrected chi connectivity index (χ3v) is 13.2. The Morgan fingerprint density at radius 3 is 2.28 bits per heavy atom. The minimum absolute atomic E-state index is 0.101. The Balaban J connectivity index is 1.94. The Morgan fingerprint density at radius 2 is 1.72 bits per heavy atom. The highest BCUT2D eigenvalue weighted by Crippen LogP contribution is 2.42. The second-order valence-corrected chi connectivity index (χ2v) is 15.6. The lowest BCUT2D eigenvalue weighted by atomic mass is 10.00. The van der Waals surface area contributed by atoms with Crippen LogP contribution in [0.25, 0.3) is 0 Å². The Hall–Kier alpha value is -0.653. The number of nitrogens with zero attached hydrogens (tertiary/aromatic N) is 1. The Morgan fingerprint density at radius 1 is 1.10 bits per heavy atom. The summed E-state index contributed by atoms with van der Waals surface area (Å²) in [7, 11) is -1.90. The first-order valence-corrected chi connectivity index (χ1v) is 14.1. The van der Waals surface area contributed by atoms with Gasteiger partial charge in [-0.1, -0.05) is 66.5 Å². The van der Waals surface area contributed by atoms with Crippen LogP contribution in [0.1, 0.15) is 86.5 Å². The first kappa shape index (κ1) is 24.6. The van der Waals surface area contributed by atoms with Crippen molar-refractivity contribution >= 4 is 14.2 Å². The number of hydrogen-bond donors (Lipinski definition) is 1. The number of carbonyl (C=O) groups is 1. The van der Waals surface area contributed by atoms with Crippen molar-refractivity contribution in [2.45, 2.75) is 115 Å². The highest BCUT2D eigenvalue weighted by molar-refractivity contribution is 6.77.